The molecule has 22 heavy (non-hydrogen) atoms. The zero-order valence-electron chi connectivity index (χ0n) is 13.9. The maximum Gasteiger partial charge on any atom is 0.248 e. The molecule has 2 aliphatic heterocycles. The van der Waals surface area contributed by atoms with Gasteiger partial charge in [-0.05, 0) is 20.3 Å². The SMILES string of the molecule is C=CCN1CCN(C(C)C)C(=O)[C@@]12CCN(C(=O)COC)C2. The number of nitrogens with zero attached hydrogens (tertiary/aromatic N) is 3. The van der Waals surface area contributed by atoms with E-state index in [1.54, 1.807) is 4.90 Å². The monoisotopic (exact) mass is 309 g/mol. The van der Waals surface area contributed by atoms with Gasteiger partial charge in [-0.1, -0.05) is 6.08 Å². The topological polar surface area (TPSA) is 53.1 Å². The maximum atomic E-state index is 13.1. The first kappa shape index (κ1) is 17.0. The van der Waals surface area contributed by atoms with Crippen LogP contribution in [0.2, 0.25) is 0 Å². The van der Waals surface area contributed by atoms with Crippen molar-refractivity contribution >= 4 is 11.8 Å². The van der Waals surface area contributed by atoms with Crippen LogP contribution in [0.25, 0.3) is 0 Å². The summed E-state index contributed by atoms with van der Waals surface area (Å²) in [4.78, 5) is 31.0. The molecule has 2 saturated heterocycles. The highest BCUT2D eigenvalue weighted by molar-refractivity contribution is 5.90. The van der Waals surface area contributed by atoms with Gasteiger partial charge in [0.25, 0.3) is 0 Å². The third kappa shape index (κ3) is 2.90. The van der Waals surface area contributed by atoms with Crippen LogP contribution in [-0.2, 0) is 14.3 Å². The van der Waals surface area contributed by atoms with Crippen molar-refractivity contribution in [3.63, 3.8) is 0 Å². The molecule has 0 radical (unpaired) electrons. The highest BCUT2D eigenvalue weighted by Crippen LogP contribution is 2.33. The van der Waals surface area contributed by atoms with Gasteiger partial charge in [-0.15, -0.1) is 6.58 Å². The predicted octanol–water partition coefficient (Wildman–Crippen LogP) is 0.343. The number of piperazine rings is 1. The molecule has 0 saturated carbocycles. The Labute approximate surface area is 132 Å². The van der Waals surface area contributed by atoms with E-state index in [0.29, 0.717) is 26.1 Å². The summed E-state index contributed by atoms with van der Waals surface area (Å²) in [5, 5.41) is 0. The molecule has 0 aromatic rings. The number of carbonyl (C=O) groups excluding carboxylic acids is 2. The van der Waals surface area contributed by atoms with Gasteiger partial charge in [0.1, 0.15) is 12.1 Å². The molecular weight excluding hydrogens is 282 g/mol. The summed E-state index contributed by atoms with van der Waals surface area (Å²) in [6.07, 6.45) is 2.51. The van der Waals surface area contributed by atoms with Crippen LogP contribution in [0.1, 0.15) is 20.3 Å². The predicted molar refractivity (Wildman–Crippen MR) is 84.4 cm³/mol. The van der Waals surface area contributed by atoms with Crippen LogP contribution >= 0.6 is 0 Å². The smallest absolute Gasteiger partial charge is 0.248 e. The van der Waals surface area contributed by atoms with Gasteiger partial charge in [-0.2, -0.15) is 0 Å². The van der Waals surface area contributed by atoms with Crippen molar-refractivity contribution in [3.05, 3.63) is 12.7 Å². The van der Waals surface area contributed by atoms with Gasteiger partial charge in [-0.3, -0.25) is 14.5 Å². The zero-order valence-corrected chi connectivity index (χ0v) is 13.9. The average molecular weight is 309 g/mol. The van der Waals surface area contributed by atoms with E-state index in [1.807, 2.05) is 24.8 Å². The summed E-state index contributed by atoms with van der Waals surface area (Å²) < 4.78 is 4.94. The number of hydrogen-bond acceptors (Lipinski definition) is 4. The molecule has 0 aromatic heterocycles. The molecule has 1 atom stereocenters. The van der Waals surface area contributed by atoms with Crippen LogP contribution in [-0.4, -0.2) is 84.5 Å². The standard InChI is InChI=1S/C16H27N3O3/c1-5-7-18-9-10-19(13(2)3)15(21)16(18)6-8-17(12-16)14(20)11-22-4/h5,13H,1,6-12H2,2-4H3/t16-/m0/s1. The molecule has 2 fully saturated rings. The van der Waals surface area contributed by atoms with Gasteiger partial charge in [0.2, 0.25) is 11.8 Å². The average Bonchev–Trinajstić information content (AvgIpc) is 2.91. The Morgan fingerprint density at radius 2 is 2.14 bits per heavy atom. The van der Waals surface area contributed by atoms with Gasteiger partial charge < -0.3 is 14.5 Å². The first-order valence-electron chi connectivity index (χ1n) is 7.90. The fourth-order valence-corrected chi connectivity index (χ4v) is 3.52. The van der Waals surface area contributed by atoms with Gasteiger partial charge in [0.15, 0.2) is 0 Å². The molecule has 6 nitrogen and oxygen atoms in total. The van der Waals surface area contributed by atoms with E-state index in [2.05, 4.69) is 11.5 Å². The van der Waals surface area contributed by atoms with Crippen molar-refractivity contribution in [3.8, 4) is 0 Å². The van der Waals surface area contributed by atoms with Crippen molar-refractivity contribution in [2.75, 3.05) is 46.4 Å². The van der Waals surface area contributed by atoms with Gasteiger partial charge in [0.05, 0.1) is 0 Å². The van der Waals surface area contributed by atoms with Crippen molar-refractivity contribution in [2.45, 2.75) is 31.8 Å². The van der Waals surface area contributed by atoms with Gasteiger partial charge >= 0.3 is 0 Å². The third-order valence-electron chi connectivity index (χ3n) is 4.72. The lowest BCUT2D eigenvalue weighted by atomic mass is 9.90. The summed E-state index contributed by atoms with van der Waals surface area (Å²) >= 11 is 0. The highest BCUT2D eigenvalue weighted by Gasteiger charge is 2.53. The summed E-state index contributed by atoms with van der Waals surface area (Å²) in [5.41, 5.74) is -0.597. The number of hydrogen-bond donors (Lipinski definition) is 0. The number of amides is 2. The minimum Gasteiger partial charge on any atom is -0.375 e. The summed E-state index contributed by atoms with van der Waals surface area (Å²) in [5.74, 6) is 0.0933. The fraction of sp³-hybridized carbons (Fsp3) is 0.750. The Morgan fingerprint density at radius 1 is 1.41 bits per heavy atom. The van der Waals surface area contributed by atoms with E-state index in [1.165, 1.54) is 7.11 Å². The normalized spacial score (nSPS) is 26.3. The molecule has 0 bridgehead atoms. The zero-order chi connectivity index (χ0) is 16.3. The first-order valence-corrected chi connectivity index (χ1v) is 7.90. The Kier molecular flexibility index (Phi) is 5.24. The molecule has 0 aromatic carbocycles. The molecule has 2 heterocycles. The van der Waals surface area contributed by atoms with E-state index in [4.69, 9.17) is 4.74 Å². The lowest BCUT2D eigenvalue weighted by Crippen LogP contribution is -2.68. The fourth-order valence-electron chi connectivity index (χ4n) is 3.52. The molecule has 0 N–H and O–H groups in total. The summed E-state index contributed by atoms with van der Waals surface area (Å²) in [6.45, 7) is 11.2. The number of methoxy groups -OCH3 is 1. The van der Waals surface area contributed by atoms with E-state index < -0.39 is 5.54 Å². The van der Waals surface area contributed by atoms with Crippen LogP contribution in [0.5, 0.6) is 0 Å². The van der Waals surface area contributed by atoms with E-state index in [-0.39, 0.29) is 24.5 Å². The Morgan fingerprint density at radius 3 is 2.73 bits per heavy atom. The Bertz CT molecular complexity index is 452. The molecule has 2 amide bonds. The molecule has 6 heteroatoms. The van der Waals surface area contributed by atoms with Crippen LogP contribution in [0.4, 0.5) is 0 Å². The van der Waals surface area contributed by atoms with Crippen LogP contribution in [0.15, 0.2) is 12.7 Å². The van der Waals surface area contributed by atoms with Crippen molar-refractivity contribution in [1.82, 2.24) is 14.7 Å². The number of rotatable bonds is 5. The van der Waals surface area contributed by atoms with Crippen molar-refractivity contribution in [2.24, 2.45) is 0 Å². The van der Waals surface area contributed by atoms with Crippen LogP contribution in [0, 0.1) is 0 Å². The largest absolute Gasteiger partial charge is 0.375 e. The second kappa shape index (κ2) is 6.79. The van der Waals surface area contributed by atoms with E-state index in [0.717, 1.165) is 13.1 Å². The second-order valence-electron chi connectivity index (χ2n) is 6.36. The molecule has 2 aliphatic rings. The minimum absolute atomic E-state index is 0.0487. The van der Waals surface area contributed by atoms with Gasteiger partial charge in [0, 0.05) is 45.9 Å². The van der Waals surface area contributed by atoms with Crippen molar-refractivity contribution in [1.29, 1.82) is 0 Å². The second-order valence-corrected chi connectivity index (χ2v) is 6.36. The highest BCUT2D eigenvalue weighted by atomic mass is 16.5. The number of carbonyl (C=O) groups is 2. The molecule has 0 aliphatic carbocycles. The van der Waals surface area contributed by atoms with Crippen LogP contribution in [0.3, 0.4) is 0 Å². The molecule has 124 valence electrons. The number of likely N-dealkylation sites (tertiary alicyclic amines) is 1. The lowest BCUT2D eigenvalue weighted by molar-refractivity contribution is -0.152. The number of ether oxygens (including phenoxy) is 1. The maximum absolute atomic E-state index is 13.1. The van der Waals surface area contributed by atoms with E-state index in [9.17, 15) is 9.59 Å². The third-order valence-corrected chi connectivity index (χ3v) is 4.72. The quantitative estimate of drug-likeness (QED) is 0.687. The Balaban J connectivity index is 2.23. The van der Waals surface area contributed by atoms with Crippen molar-refractivity contribution < 1.29 is 14.3 Å². The molecular formula is C16H27N3O3. The molecule has 0 unspecified atom stereocenters. The molecule has 1 spiro atoms. The molecule has 2 rings (SSSR count). The summed E-state index contributed by atoms with van der Waals surface area (Å²) in [6, 6.07) is 0.180. The van der Waals surface area contributed by atoms with Gasteiger partial charge in [-0.25, -0.2) is 0 Å². The Hall–Kier alpha value is -1.40. The van der Waals surface area contributed by atoms with E-state index >= 15 is 0 Å². The summed E-state index contributed by atoms with van der Waals surface area (Å²) in [7, 11) is 1.51. The lowest BCUT2D eigenvalue weighted by Gasteiger charge is -2.48. The first-order chi connectivity index (χ1) is 10.5. The van der Waals surface area contributed by atoms with Crippen LogP contribution < -0.4 is 0 Å². The minimum atomic E-state index is -0.597.